The Hall–Kier alpha value is -1.72. The average molecular weight is 364 g/mol. The van der Waals surface area contributed by atoms with Crippen LogP contribution >= 0.6 is 7.11 Å². The van der Waals surface area contributed by atoms with Gasteiger partial charge in [0, 0.05) is 16.2 Å². The minimum absolute atomic E-state index is 0.147. The second kappa shape index (κ2) is 5.14. The maximum absolute atomic E-state index is 13.6. The number of halogens is 6. The lowest BCUT2D eigenvalue weighted by Gasteiger charge is -2.35. The Balaban J connectivity index is 2.37. The Kier molecular flexibility index (Phi) is 3.66. The van der Waals surface area contributed by atoms with E-state index in [-0.39, 0.29) is 10.6 Å². The van der Waals surface area contributed by atoms with Gasteiger partial charge in [0.2, 0.25) is 0 Å². The lowest BCUT2D eigenvalue weighted by molar-refractivity contribution is -0.361. The van der Waals surface area contributed by atoms with E-state index in [1.165, 1.54) is 36.4 Å². The lowest BCUT2D eigenvalue weighted by atomic mass is 9.92. The molecule has 0 aromatic heterocycles. The van der Waals surface area contributed by atoms with E-state index in [0.717, 1.165) is 12.1 Å². The third-order valence-corrected chi connectivity index (χ3v) is 6.82. The van der Waals surface area contributed by atoms with Crippen molar-refractivity contribution >= 4 is 24.0 Å². The fourth-order valence-corrected chi connectivity index (χ4v) is 5.71. The minimum Gasteiger partial charge on any atom is -0.325 e. The van der Waals surface area contributed by atoms with E-state index in [4.69, 9.17) is 4.52 Å². The van der Waals surface area contributed by atoms with Gasteiger partial charge in [0.05, 0.1) is 7.11 Å². The van der Waals surface area contributed by atoms with Crippen molar-refractivity contribution in [2.24, 2.45) is 0 Å². The van der Waals surface area contributed by atoms with Crippen molar-refractivity contribution in [1.82, 2.24) is 0 Å². The van der Waals surface area contributed by atoms with E-state index in [1.54, 1.807) is 6.07 Å². The molecule has 0 aliphatic carbocycles. The van der Waals surface area contributed by atoms with Gasteiger partial charge in [-0.2, -0.15) is 26.3 Å². The molecule has 3 rings (SSSR count). The van der Waals surface area contributed by atoms with E-state index in [2.05, 4.69) is 6.30 Å². The Labute approximate surface area is 133 Å². The topological polar surface area (TPSA) is 9.23 Å². The molecule has 0 bridgehead atoms. The van der Waals surface area contributed by atoms with Crippen molar-refractivity contribution in [1.29, 1.82) is 0 Å². The zero-order valence-corrected chi connectivity index (χ0v) is 12.9. The second-order valence-corrected chi connectivity index (χ2v) is 8.02. The molecule has 1 nitrogen and oxygen atoms in total. The molecule has 0 saturated heterocycles. The van der Waals surface area contributed by atoms with E-state index < -0.39 is 30.6 Å². The highest BCUT2D eigenvalue weighted by Crippen LogP contribution is 2.66. The van der Waals surface area contributed by atoms with Crippen molar-refractivity contribution in [2.75, 3.05) is 0 Å². The van der Waals surface area contributed by atoms with Crippen LogP contribution in [0.15, 0.2) is 54.6 Å². The van der Waals surface area contributed by atoms with Gasteiger partial charge >= 0.3 is 12.4 Å². The standard InChI is InChI=1S/C16H11F6OP/c1-24(11-7-3-2-4-8-11)13-10-6-5-9-12(13)14(23-24,15(17,18)19)16(20,21)22/h2-10H,1H2. The van der Waals surface area contributed by atoms with Gasteiger partial charge in [-0.3, -0.25) is 0 Å². The monoisotopic (exact) mass is 364 g/mol. The number of rotatable bonds is 1. The molecule has 0 radical (unpaired) electrons. The largest absolute Gasteiger partial charge is 0.431 e. The van der Waals surface area contributed by atoms with E-state index in [1.807, 2.05) is 0 Å². The Morgan fingerprint density at radius 3 is 1.83 bits per heavy atom. The summed E-state index contributed by atoms with van der Waals surface area (Å²) in [6.45, 7) is 0. The first-order valence-corrected chi connectivity index (χ1v) is 8.66. The molecule has 1 heterocycles. The minimum atomic E-state index is -5.67. The van der Waals surface area contributed by atoms with Crippen LogP contribution in [-0.4, -0.2) is 18.7 Å². The van der Waals surface area contributed by atoms with Gasteiger partial charge in [-0.1, -0.05) is 60.9 Å². The smallest absolute Gasteiger partial charge is 0.325 e. The summed E-state index contributed by atoms with van der Waals surface area (Å²) in [5, 5.41) is 0.0682. The molecule has 24 heavy (non-hydrogen) atoms. The summed E-state index contributed by atoms with van der Waals surface area (Å²) >= 11 is 0. The van der Waals surface area contributed by atoms with Crippen molar-refractivity contribution in [3.63, 3.8) is 0 Å². The molecule has 0 amide bonds. The molecule has 0 spiro atoms. The zero-order chi connectivity index (χ0) is 17.8. The number of hydrogen-bond acceptors (Lipinski definition) is 1. The Morgan fingerprint density at radius 1 is 0.792 bits per heavy atom. The zero-order valence-electron chi connectivity index (χ0n) is 12.0. The molecule has 2 aromatic carbocycles. The Bertz CT molecular complexity index is 795. The number of hydrogen-bond donors (Lipinski definition) is 0. The predicted octanol–water partition coefficient (Wildman–Crippen LogP) is 4.35. The van der Waals surface area contributed by atoms with E-state index >= 15 is 0 Å². The molecule has 1 unspecified atom stereocenters. The SMILES string of the molecule is C=P1(c2ccccc2)OC(C(F)(F)F)(C(F)(F)F)c2ccccc21. The second-order valence-electron chi connectivity index (χ2n) is 5.36. The summed E-state index contributed by atoms with van der Waals surface area (Å²) in [6.07, 6.45) is -7.65. The van der Waals surface area contributed by atoms with Gasteiger partial charge in [-0.15, -0.1) is 0 Å². The van der Waals surface area contributed by atoms with E-state index in [9.17, 15) is 26.3 Å². The number of benzene rings is 2. The molecule has 0 saturated carbocycles. The van der Waals surface area contributed by atoms with Crippen LogP contribution in [0, 0.1) is 0 Å². The van der Waals surface area contributed by atoms with Crippen LogP contribution in [0.1, 0.15) is 5.56 Å². The van der Waals surface area contributed by atoms with Crippen molar-refractivity contribution in [3.05, 3.63) is 60.2 Å². The maximum Gasteiger partial charge on any atom is 0.431 e. The van der Waals surface area contributed by atoms with Crippen LogP contribution in [0.5, 0.6) is 0 Å². The van der Waals surface area contributed by atoms with Gasteiger partial charge in [-0.25, -0.2) is 0 Å². The van der Waals surface area contributed by atoms with Crippen LogP contribution in [0.2, 0.25) is 0 Å². The van der Waals surface area contributed by atoms with Gasteiger partial charge in [-0.05, 0) is 0 Å². The fraction of sp³-hybridized carbons (Fsp3) is 0.188. The molecule has 0 fully saturated rings. The van der Waals surface area contributed by atoms with E-state index in [0.29, 0.717) is 0 Å². The predicted molar refractivity (Wildman–Crippen MR) is 81.1 cm³/mol. The normalized spacial score (nSPS) is 23.1. The number of fused-ring (bicyclic) bond motifs is 1. The molecule has 0 N–H and O–H groups in total. The summed E-state index contributed by atoms with van der Waals surface area (Å²) < 4.78 is 86.4. The van der Waals surface area contributed by atoms with Crippen LogP contribution in [0.3, 0.4) is 0 Å². The summed E-state index contributed by atoms with van der Waals surface area (Å²) in [4.78, 5) is 0. The molecule has 128 valence electrons. The highest BCUT2D eigenvalue weighted by atomic mass is 31.2. The van der Waals surface area contributed by atoms with Gasteiger partial charge in [0.1, 0.15) is 0 Å². The van der Waals surface area contributed by atoms with Crippen molar-refractivity contribution < 1.29 is 30.9 Å². The van der Waals surface area contributed by atoms with Crippen LogP contribution in [-0.2, 0) is 10.1 Å². The van der Waals surface area contributed by atoms with Crippen molar-refractivity contribution in [3.8, 4) is 0 Å². The fourth-order valence-electron chi connectivity index (χ4n) is 2.85. The van der Waals surface area contributed by atoms with Gasteiger partial charge in [0.15, 0.2) is 0 Å². The van der Waals surface area contributed by atoms with Crippen molar-refractivity contribution in [2.45, 2.75) is 18.0 Å². The molecule has 2 aromatic rings. The molecule has 1 aliphatic heterocycles. The van der Waals surface area contributed by atoms with Crippen LogP contribution in [0.4, 0.5) is 26.3 Å². The van der Waals surface area contributed by atoms with Crippen LogP contribution < -0.4 is 10.6 Å². The molecule has 8 heteroatoms. The maximum atomic E-state index is 13.6. The lowest BCUT2D eigenvalue weighted by Crippen LogP contribution is -2.54. The van der Waals surface area contributed by atoms with Gasteiger partial charge in [0.25, 0.3) is 5.60 Å². The number of alkyl halides is 6. The first kappa shape index (κ1) is 17.1. The third-order valence-electron chi connectivity index (χ3n) is 3.94. The van der Waals surface area contributed by atoms with Gasteiger partial charge < -0.3 is 4.52 Å². The summed E-state index contributed by atoms with van der Waals surface area (Å²) in [5.41, 5.74) is -5.31. The van der Waals surface area contributed by atoms with Crippen LogP contribution in [0.25, 0.3) is 0 Å². The summed E-state index contributed by atoms with van der Waals surface area (Å²) in [7, 11) is -3.57. The summed E-state index contributed by atoms with van der Waals surface area (Å²) in [5.74, 6) is 0. The molecule has 1 aliphatic rings. The quantitative estimate of drug-likeness (QED) is 0.540. The molecular formula is C16H11F6OP. The highest BCUT2D eigenvalue weighted by Gasteiger charge is 2.77. The summed E-state index contributed by atoms with van der Waals surface area (Å²) in [6, 6.07) is 12.1. The Morgan fingerprint density at radius 2 is 1.29 bits per heavy atom. The molecule has 1 atom stereocenters. The molecular weight excluding hydrogens is 353 g/mol. The third kappa shape index (κ3) is 2.15. The highest BCUT2D eigenvalue weighted by molar-refractivity contribution is 7.83. The first-order chi connectivity index (χ1) is 11.0. The first-order valence-electron chi connectivity index (χ1n) is 6.77. The average Bonchev–Trinajstić information content (AvgIpc) is 2.80.